The Bertz CT molecular complexity index is 445. The molecule has 1 saturated heterocycles. The third-order valence-corrected chi connectivity index (χ3v) is 3.53. The van der Waals surface area contributed by atoms with Gasteiger partial charge in [-0.15, -0.1) is 0 Å². The molecule has 0 bridgehead atoms. The maximum Gasteiger partial charge on any atom is 0.276 e. The number of carbonyl (C=O) groups is 2. The van der Waals surface area contributed by atoms with E-state index in [4.69, 9.17) is 4.52 Å². The number of hydrogen-bond donors (Lipinski definition) is 1. The van der Waals surface area contributed by atoms with Crippen molar-refractivity contribution in [3.8, 4) is 0 Å². The van der Waals surface area contributed by atoms with E-state index in [2.05, 4.69) is 10.5 Å². The number of nitrogens with zero attached hydrogens (tertiary/aromatic N) is 2. The first kappa shape index (κ1) is 14.6. The third-order valence-electron chi connectivity index (χ3n) is 3.53. The fourth-order valence-corrected chi connectivity index (χ4v) is 2.47. The second-order valence-electron chi connectivity index (χ2n) is 5.20. The molecule has 1 fully saturated rings. The van der Waals surface area contributed by atoms with Crippen molar-refractivity contribution in [3.63, 3.8) is 0 Å². The van der Waals surface area contributed by atoms with Crippen LogP contribution in [0.25, 0.3) is 0 Å². The summed E-state index contributed by atoms with van der Waals surface area (Å²) >= 11 is 0. The Balaban J connectivity index is 1.82. The molecule has 0 aromatic carbocycles. The Kier molecular flexibility index (Phi) is 5.15. The number of rotatable bonds is 5. The second-order valence-corrected chi connectivity index (χ2v) is 5.20. The average molecular weight is 279 g/mol. The fourth-order valence-electron chi connectivity index (χ4n) is 2.47. The zero-order chi connectivity index (χ0) is 14.4. The summed E-state index contributed by atoms with van der Waals surface area (Å²) in [6.07, 6.45) is 4.81. The monoisotopic (exact) mass is 279 g/mol. The summed E-state index contributed by atoms with van der Waals surface area (Å²) in [6.45, 7) is 4.03. The van der Waals surface area contributed by atoms with Gasteiger partial charge in [0, 0.05) is 32.1 Å². The maximum atomic E-state index is 12.2. The van der Waals surface area contributed by atoms with Gasteiger partial charge in [-0.3, -0.25) is 9.59 Å². The summed E-state index contributed by atoms with van der Waals surface area (Å²) in [7, 11) is 0. The minimum absolute atomic E-state index is 0.0902. The van der Waals surface area contributed by atoms with Gasteiger partial charge in [-0.05, 0) is 25.2 Å². The van der Waals surface area contributed by atoms with Crippen molar-refractivity contribution in [2.75, 3.05) is 19.6 Å². The summed E-state index contributed by atoms with van der Waals surface area (Å²) in [4.78, 5) is 25.4. The van der Waals surface area contributed by atoms with Crippen LogP contribution in [0.5, 0.6) is 0 Å². The molecule has 110 valence electrons. The van der Waals surface area contributed by atoms with Gasteiger partial charge < -0.3 is 14.7 Å². The molecule has 20 heavy (non-hydrogen) atoms. The highest BCUT2D eigenvalue weighted by Gasteiger charge is 2.25. The van der Waals surface area contributed by atoms with E-state index < -0.39 is 0 Å². The lowest BCUT2D eigenvalue weighted by atomic mass is 9.97. The molecule has 1 aliphatic rings. The Morgan fingerprint density at radius 2 is 2.40 bits per heavy atom. The van der Waals surface area contributed by atoms with E-state index in [1.807, 2.05) is 6.92 Å². The largest absolute Gasteiger partial charge is 0.364 e. The summed E-state index contributed by atoms with van der Waals surface area (Å²) in [5.41, 5.74) is 0.348. The van der Waals surface area contributed by atoms with Gasteiger partial charge in [0.2, 0.25) is 5.91 Å². The Labute approximate surface area is 118 Å². The summed E-state index contributed by atoms with van der Waals surface area (Å²) in [5, 5.41) is 6.62. The van der Waals surface area contributed by atoms with Gasteiger partial charge in [-0.1, -0.05) is 12.1 Å². The van der Waals surface area contributed by atoms with Crippen LogP contribution >= 0.6 is 0 Å². The molecule has 0 radical (unpaired) electrons. The van der Waals surface area contributed by atoms with Gasteiger partial charge in [-0.2, -0.15) is 0 Å². The number of likely N-dealkylation sites (tertiary alicyclic amines) is 1. The van der Waals surface area contributed by atoms with Crippen LogP contribution in [0.2, 0.25) is 0 Å². The van der Waals surface area contributed by atoms with Crippen molar-refractivity contribution < 1.29 is 14.1 Å². The first-order valence-corrected chi connectivity index (χ1v) is 7.17. The number of hydrogen-bond acceptors (Lipinski definition) is 4. The maximum absolute atomic E-state index is 12.2. The summed E-state index contributed by atoms with van der Waals surface area (Å²) < 4.78 is 4.70. The normalized spacial score (nSPS) is 18.9. The smallest absolute Gasteiger partial charge is 0.276 e. The van der Waals surface area contributed by atoms with Crippen LogP contribution < -0.4 is 5.32 Å². The van der Waals surface area contributed by atoms with Crippen LogP contribution in [0, 0.1) is 5.92 Å². The Morgan fingerprint density at radius 3 is 3.10 bits per heavy atom. The second kappa shape index (κ2) is 7.07. The van der Waals surface area contributed by atoms with Crippen LogP contribution in [0.15, 0.2) is 16.9 Å². The van der Waals surface area contributed by atoms with Gasteiger partial charge >= 0.3 is 0 Å². The Hall–Kier alpha value is -1.85. The van der Waals surface area contributed by atoms with Gasteiger partial charge in [-0.25, -0.2) is 0 Å². The van der Waals surface area contributed by atoms with Crippen LogP contribution in [0.1, 0.15) is 43.1 Å². The van der Waals surface area contributed by atoms with Crippen molar-refractivity contribution in [2.24, 2.45) is 5.92 Å². The van der Waals surface area contributed by atoms with E-state index in [9.17, 15) is 9.59 Å². The van der Waals surface area contributed by atoms with Crippen molar-refractivity contribution in [3.05, 3.63) is 18.0 Å². The molecular formula is C14H21N3O3. The van der Waals surface area contributed by atoms with Crippen LogP contribution in [0.4, 0.5) is 0 Å². The zero-order valence-electron chi connectivity index (χ0n) is 11.8. The molecule has 6 heteroatoms. The van der Waals surface area contributed by atoms with Gasteiger partial charge in [0.05, 0.1) is 0 Å². The molecule has 1 aromatic rings. The van der Waals surface area contributed by atoms with Crippen molar-refractivity contribution in [1.29, 1.82) is 0 Å². The van der Waals surface area contributed by atoms with E-state index in [1.165, 1.54) is 6.26 Å². The predicted octanol–water partition coefficient (Wildman–Crippen LogP) is 1.44. The predicted molar refractivity (Wildman–Crippen MR) is 73.0 cm³/mol. The number of piperidine rings is 1. The van der Waals surface area contributed by atoms with E-state index in [0.29, 0.717) is 31.1 Å². The number of aromatic nitrogens is 1. The number of amides is 2. The highest BCUT2D eigenvalue weighted by Crippen LogP contribution is 2.17. The van der Waals surface area contributed by atoms with Crippen molar-refractivity contribution in [1.82, 2.24) is 15.4 Å². The van der Waals surface area contributed by atoms with Crippen molar-refractivity contribution in [2.45, 2.75) is 32.6 Å². The third kappa shape index (κ3) is 3.82. The van der Waals surface area contributed by atoms with E-state index >= 15 is 0 Å². The van der Waals surface area contributed by atoms with Crippen LogP contribution in [-0.4, -0.2) is 41.5 Å². The molecule has 2 rings (SSSR count). The Morgan fingerprint density at radius 1 is 1.55 bits per heavy atom. The molecule has 0 aliphatic carbocycles. The number of carbonyl (C=O) groups excluding carboxylic acids is 2. The van der Waals surface area contributed by atoms with E-state index in [0.717, 1.165) is 25.8 Å². The molecule has 0 spiro atoms. The molecule has 2 heterocycles. The minimum atomic E-state index is -0.0941. The average Bonchev–Trinajstić information content (AvgIpc) is 2.99. The summed E-state index contributed by atoms with van der Waals surface area (Å²) in [5.74, 6) is 0.316. The number of nitrogens with one attached hydrogen (secondary N) is 1. The quantitative estimate of drug-likeness (QED) is 0.885. The molecular weight excluding hydrogens is 258 g/mol. The molecule has 1 unspecified atom stereocenters. The standard InChI is InChI=1S/C14H21N3O3/c1-2-4-13(18)15-9-11-5-3-7-17(10-11)14(19)12-6-8-20-16-12/h6,8,11H,2-5,7,9-10H2,1H3,(H,15,18). The lowest BCUT2D eigenvalue weighted by molar-refractivity contribution is -0.121. The zero-order valence-corrected chi connectivity index (χ0v) is 11.8. The molecule has 6 nitrogen and oxygen atoms in total. The lowest BCUT2D eigenvalue weighted by Crippen LogP contribution is -2.43. The molecule has 2 amide bonds. The van der Waals surface area contributed by atoms with Crippen molar-refractivity contribution >= 4 is 11.8 Å². The highest BCUT2D eigenvalue weighted by atomic mass is 16.5. The molecule has 0 saturated carbocycles. The highest BCUT2D eigenvalue weighted by molar-refractivity contribution is 5.92. The van der Waals surface area contributed by atoms with Crippen LogP contribution in [0.3, 0.4) is 0 Å². The SMILES string of the molecule is CCCC(=O)NCC1CCCN(C(=O)c2ccon2)C1. The minimum Gasteiger partial charge on any atom is -0.364 e. The molecule has 1 N–H and O–H groups in total. The molecule has 1 aromatic heterocycles. The first-order valence-electron chi connectivity index (χ1n) is 7.17. The summed E-state index contributed by atoms with van der Waals surface area (Å²) in [6, 6.07) is 1.58. The molecule has 1 atom stereocenters. The van der Waals surface area contributed by atoms with E-state index in [-0.39, 0.29) is 11.8 Å². The molecule has 1 aliphatic heterocycles. The van der Waals surface area contributed by atoms with E-state index in [1.54, 1.807) is 11.0 Å². The van der Waals surface area contributed by atoms with Gasteiger partial charge in [0.15, 0.2) is 5.69 Å². The van der Waals surface area contributed by atoms with Gasteiger partial charge in [0.1, 0.15) is 6.26 Å². The first-order chi connectivity index (χ1) is 9.70. The lowest BCUT2D eigenvalue weighted by Gasteiger charge is -2.32. The topological polar surface area (TPSA) is 75.4 Å². The fraction of sp³-hybridized carbons (Fsp3) is 0.643. The van der Waals surface area contributed by atoms with Gasteiger partial charge in [0.25, 0.3) is 5.91 Å². The van der Waals surface area contributed by atoms with Crippen LogP contribution in [-0.2, 0) is 4.79 Å².